The first-order valence-electron chi connectivity index (χ1n) is 5.73. The molecule has 7 nitrogen and oxygen atoms in total. The van der Waals surface area contributed by atoms with Crippen LogP contribution in [0, 0.1) is 0 Å². The van der Waals surface area contributed by atoms with Gasteiger partial charge in [-0.05, 0) is 18.2 Å². The van der Waals surface area contributed by atoms with E-state index in [1.807, 2.05) is 0 Å². The molecule has 1 heterocycles. The summed E-state index contributed by atoms with van der Waals surface area (Å²) >= 11 is 0. The molecule has 20 heavy (non-hydrogen) atoms. The van der Waals surface area contributed by atoms with Crippen LogP contribution in [0.2, 0.25) is 0 Å². The summed E-state index contributed by atoms with van der Waals surface area (Å²) in [5, 5.41) is 4.74. The normalized spacial score (nSPS) is 9.65. The average molecular weight is 272 g/mol. The number of rotatable bonds is 3. The largest absolute Gasteiger partial charge is 0.495 e. The molecular weight excluding hydrogens is 260 g/mol. The Labute approximate surface area is 115 Å². The first-order chi connectivity index (χ1) is 9.70. The van der Waals surface area contributed by atoms with Crippen molar-refractivity contribution < 1.29 is 14.3 Å². The van der Waals surface area contributed by atoms with Crippen molar-refractivity contribution >= 4 is 23.5 Å². The van der Waals surface area contributed by atoms with Crippen molar-refractivity contribution in [2.75, 3.05) is 17.7 Å². The van der Waals surface area contributed by atoms with E-state index in [-0.39, 0.29) is 5.95 Å². The van der Waals surface area contributed by atoms with Crippen molar-refractivity contribution in [2.45, 2.75) is 0 Å². The molecule has 0 aliphatic rings. The molecule has 2 aromatic rings. The number of methoxy groups -OCH3 is 1. The SMILES string of the molecule is COc1ccccc1NC(=O)C(=O)Nc1ncccn1. The van der Waals surface area contributed by atoms with Crippen LogP contribution in [-0.4, -0.2) is 28.9 Å². The molecule has 7 heteroatoms. The third kappa shape index (κ3) is 3.29. The number of aromatic nitrogens is 2. The number of carbonyl (C=O) groups is 2. The maximum Gasteiger partial charge on any atom is 0.316 e. The third-order valence-electron chi connectivity index (χ3n) is 2.35. The summed E-state index contributed by atoms with van der Waals surface area (Å²) in [6.07, 6.45) is 2.92. The Hall–Kier alpha value is -2.96. The van der Waals surface area contributed by atoms with Crippen LogP contribution >= 0.6 is 0 Å². The van der Waals surface area contributed by atoms with Crippen molar-refractivity contribution in [2.24, 2.45) is 0 Å². The van der Waals surface area contributed by atoms with Gasteiger partial charge in [0, 0.05) is 12.4 Å². The Kier molecular flexibility index (Phi) is 4.23. The van der Waals surface area contributed by atoms with E-state index >= 15 is 0 Å². The van der Waals surface area contributed by atoms with Gasteiger partial charge in [0.05, 0.1) is 12.8 Å². The summed E-state index contributed by atoms with van der Waals surface area (Å²) in [6.45, 7) is 0. The molecule has 0 spiro atoms. The molecule has 2 rings (SSSR count). The van der Waals surface area contributed by atoms with Crippen molar-refractivity contribution in [1.29, 1.82) is 0 Å². The summed E-state index contributed by atoms with van der Waals surface area (Å²) in [4.78, 5) is 31.0. The second-order valence-corrected chi connectivity index (χ2v) is 3.68. The number of ether oxygens (including phenoxy) is 1. The zero-order valence-corrected chi connectivity index (χ0v) is 10.7. The molecule has 2 N–H and O–H groups in total. The summed E-state index contributed by atoms with van der Waals surface area (Å²) in [7, 11) is 1.48. The summed E-state index contributed by atoms with van der Waals surface area (Å²) in [5.74, 6) is -1.17. The molecule has 0 aliphatic heterocycles. The van der Waals surface area contributed by atoms with Crippen LogP contribution in [0.15, 0.2) is 42.7 Å². The lowest BCUT2D eigenvalue weighted by molar-refractivity contribution is -0.133. The first-order valence-corrected chi connectivity index (χ1v) is 5.73. The second-order valence-electron chi connectivity index (χ2n) is 3.68. The third-order valence-corrected chi connectivity index (χ3v) is 2.35. The van der Waals surface area contributed by atoms with E-state index in [9.17, 15) is 9.59 Å². The maximum atomic E-state index is 11.8. The van der Waals surface area contributed by atoms with Crippen molar-refractivity contribution in [1.82, 2.24) is 9.97 Å². The molecule has 102 valence electrons. The molecule has 1 aromatic heterocycles. The number of hydrogen-bond donors (Lipinski definition) is 2. The van der Waals surface area contributed by atoms with E-state index in [1.165, 1.54) is 19.5 Å². The van der Waals surface area contributed by atoms with Crippen LogP contribution < -0.4 is 15.4 Å². The Bertz CT molecular complexity index is 616. The van der Waals surface area contributed by atoms with Gasteiger partial charge in [-0.2, -0.15) is 0 Å². The van der Waals surface area contributed by atoms with Crippen molar-refractivity contribution in [3.8, 4) is 5.75 Å². The van der Waals surface area contributed by atoms with E-state index in [4.69, 9.17) is 4.74 Å². The van der Waals surface area contributed by atoms with Gasteiger partial charge < -0.3 is 10.1 Å². The Balaban J connectivity index is 2.03. The second kappa shape index (κ2) is 6.28. The average Bonchev–Trinajstić information content (AvgIpc) is 2.48. The quantitative estimate of drug-likeness (QED) is 0.815. The van der Waals surface area contributed by atoms with Gasteiger partial charge in [0.25, 0.3) is 0 Å². The Morgan fingerprint density at radius 3 is 2.35 bits per heavy atom. The van der Waals surface area contributed by atoms with Gasteiger partial charge in [-0.1, -0.05) is 12.1 Å². The lowest BCUT2D eigenvalue weighted by Crippen LogP contribution is -2.29. The van der Waals surface area contributed by atoms with Gasteiger partial charge in [-0.3, -0.25) is 14.9 Å². The Morgan fingerprint density at radius 1 is 1.00 bits per heavy atom. The standard InChI is InChI=1S/C13H12N4O3/c1-20-10-6-3-2-5-9(10)16-11(18)12(19)17-13-14-7-4-8-15-13/h2-8H,1H3,(H,16,18)(H,14,15,17,19). The molecule has 0 radical (unpaired) electrons. The smallest absolute Gasteiger partial charge is 0.316 e. The van der Waals surface area contributed by atoms with Crippen LogP contribution in [0.3, 0.4) is 0 Å². The fourth-order valence-electron chi connectivity index (χ4n) is 1.45. The van der Waals surface area contributed by atoms with E-state index in [0.717, 1.165) is 0 Å². The molecule has 0 bridgehead atoms. The minimum absolute atomic E-state index is 0.0627. The maximum absolute atomic E-state index is 11.8. The summed E-state index contributed by atoms with van der Waals surface area (Å²) < 4.78 is 5.07. The van der Waals surface area contributed by atoms with Gasteiger partial charge in [0.1, 0.15) is 5.75 Å². The zero-order valence-electron chi connectivity index (χ0n) is 10.7. The molecular formula is C13H12N4O3. The van der Waals surface area contributed by atoms with Crippen molar-refractivity contribution in [3.63, 3.8) is 0 Å². The van der Waals surface area contributed by atoms with Crippen LogP contribution in [0.5, 0.6) is 5.75 Å². The van der Waals surface area contributed by atoms with Gasteiger partial charge in [-0.15, -0.1) is 0 Å². The number of nitrogens with zero attached hydrogens (tertiary/aromatic N) is 2. The number of anilines is 2. The van der Waals surface area contributed by atoms with E-state index < -0.39 is 11.8 Å². The fourth-order valence-corrected chi connectivity index (χ4v) is 1.45. The molecule has 2 amide bonds. The van der Waals surface area contributed by atoms with Gasteiger partial charge in [0.15, 0.2) is 0 Å². The number of nitrogens with one attached hydrogen (secondary N) is 2. The number of para-hydroxylation sites is 2. The highest BCUT2D eigenvalue weighted by atomic mass is 16.5. The van der Waals surface area contributed by atoms with Crippen LogP contribution in [0.25, 0.3) is 0 Å². The van der Waals surface area contributed by atoms with Crippen LogP contribution in [0.4, 0.5) is 11.6 Å². The minimum Gasteiger partial charge on any atom is -0.495 e. The molecule has 0 unspecified atom stereocenters. The number of benzene rings is 1. The lowest BCUT2D eigenvalue weighted by atomic mass is 10.3. The van der Waals surface area contributed by atoms with Crippen LogP contribution in [0.1, 0.15) is 0 Å². The topological polar surface area (TPSA) is 93.2 Å². The predicted molar refractivity (Wildman–Crippen MR) is 72.3 cm³/mol. The molecule has 0 saturated carbocycles. The van der Waals surface area contributed by atoms with E-state index in [0.29, 0.717) is 11.4 Å². The molecule has 0 atom stereocenters. The summed E-state index contributed by atoms with van der Waals surface area (Å²) in [6, 6.07) is 8.38. The highest BCUT2D eigenvalue weighted by Crippen LogP contribution is 2.22. The highest BCUT2D eigenvalue weighted by molar-refractivity contribution is 6.43. The van der Waals surface area contributed by atoms with Gasteiger partial charge in [0.2, 0.25) is 5.95 Å². The summed E-state index contributed by atoms with van der Waals surface area (Å²) in [5.41, 5.74) is 0.407. The number of hydrogen-bond acceptors (Lipinski definition) is 5. The predicted octanol–water partition coefficient (Wildman–Crippen LogP) is 1.06. The molecule has 0 saturated heterocycles. The molecule has 1 aromatic carbocycles. The number of carbonyl (C=O) groups excluding carboxylic acids is 2. The van der Waals surface area contributed by atoms with Gasteiger partial charge in [-0.25, -0.2) is 9.97 Å². The molecule has 0 fully saturated rings. The fraction of sp³-hybridized carbons (Fsp3) is 0.0769. The lowest BCUT2D eigenvalue weighted by Gasteiger charge is -2.09. The van der Waals surface area contributed by atoms with Crippen LogP contribution in [-0.2, 0) is 9.59 Å². The monoisotopic (exact) mass is 272 g/mol. The molecule has 0 aliphatic carbocycles. The van der Waals surface area contributed by atoms with Crippen molar-refractivity contribution in [3.05, 3.63) is 42.7 Å². The highest BCUT2D eigenvalue weighted by Gasteiger charge is 2.16. The zero-order chi connectivity index (χ0) is 14.4. The minimum atomic E-state index is -0.859. The van der Waals surface area contributed by atoms with Gasteiger partial charge >= 0.3 is 11.8 Å². The number of amides is 2. The van der Waals surface area contributed by atoms with E-state index in [1.54, 1.807) is 30.3 Å². The first kappa shape index (κ1) is 13.5. The van der Waals surface area contributed by atoms with E-state index in [2.05, 4.69) is 20.6 Å². The Morgan fingerprint density at radius 2 is 1.65 bits per heavy atom.